The largest absolute Gasteiger partial charge is 0.476 e. The molecule has 6 heteroatoms. The summed E-state index contributed by atoms with van der Waals surface area (Å²) < 4.78 is 0. The number of nitrogens with zero attached hydrogens (tertiary/aromatic N) is 2. The lowest BCUT2D eigenvalue weighted by Crippen LogP contribution is -2.05. The third kappa shape index (κ3) is 3.27. The van der Waals surface area contributed by atoms with Gasteiger partial charge >= 0.3 is 5.97 Å². The van der Waals surface area contributed by atoms with Gasteiger partial charge in [-0.15, -0.1) is 11.3 Å². The van der Waals surface area contributed by atoms with E-state index in [-0.39, 0.29) is 5.69 Å². The van der Waals surface area contributed by atoms with Gasteiger partial charge in [0.15, 0.2) is 5.69 Å². The number of pyridine rings is 1. The summed E-state index contributed by atoms with van der Waals surface area (Å²) in [7, 11) is 0. The van der Waals surface area contributed by atoms with Crippen LogP contribution >= 0.6 is 11.3 Å². The fraction of sp³-hybridized carbons (Fsp3) is 0.250. The van der Waals surface area contributed by atoms with Crippen molar-refractivity contribution >= 4 is 23.0 Å². The second-order valence-corrected chi connectivity index (χ2v) is 4.74. The van der Waals surface area contributed by atoms with Crippen molar-refractivity contribution in [2.75, 3.05) is 11.9 Å². The van der Waals surface area contributed by atoms with E-state index in [4.69, 9.17) is 5.11 Å². The zero-order valence-electron chi connectivity index (χ0n) is 9.88. The SMILES string of the molecule is Cc1cc(NCCc2nc(C(=O)O)cs2)ccn1. The molecule has 2 N–H and O–H groups in total. The van der Waals surface area contributed by atoms with Gasteiger partial charge in [0, 0.05) is 35.9 Å². The summed E-state index contributed by atoms with van der Waals surface area (Å²) in [6.07, 6.45) is 2.46. The monoisotopic (exact) mass is 263 g/mol. The molecular formula is C12H13N3O2S. The summed E-state index contributed by atoms with van der Waals surface area (Å²) in [6, 6.07) is 3.86. The molecule has 0 saturated carbocycles. The number of hydrogen-bond donors (Lipinski definition) is 2. The van der Waals surface area contributed by atoms with Crippen molar-refractivity contribution in [1.82, 2.24) is 9.97 Å². The second-order valence-electron chi connectivity index (χ2n) is 3.79. The van der Waals surface area contributed by atoms with Gasteiger partial charge in [0.05, 0.1) is 5.01 Å². The van der Waals surface area contributed by atoms with E-state index in [1.54, 1.807) is 11.6 Å². The highest BCUT2D eigenvalue weighted by Gasteiger charge is 2.07. The van der Waals surface area contributed by atoms with Gasteiger partial charge in [-0.3, -0.25) is 4.98 Å². The van der Waals surface area contributed by atoms with E-state index >= 15 is 0 Å². The average molecular weight is 263 g/mol. The number of aryl methyl sites for hydroxylation is 1. The van der Waals surface area contributed by atoms with E-state index in [0.717, 1.165) is 22.9 Å². The number of thiazole rings is 1. The minimum Gasteiger partial charge on any atom is -0.476 e. The second kappa shape index (κ2) is 5.59. The molecule has 2 aromatic heterocycles. The number of carboxylic acid groups (broad SMARTS) is 1. The Morgan fingerprint density at radius 3 is 3.06 bits per heavy atom. The molecule has 2 rings (SSSR count). The third-order valence-corrected chi connectivity index (χ3v) is 3.24. The minimum absolute atomic E-state index is 0.120. The molecule has 2 aromatic rings. The molecule has 0 fully saturated rings. The number of anilines is 1. The molecule has 0 unspecified atom stereocenters. The van der Waals surface area contributed by atoms with E-state index in [1.807, 2.05) is 19.1 Å². The number of rotatable bonds is 5. The normalized spacial score (nSPS) is 10.3. The molecule has 0 spiro atoms. The summed E-state index contributed by atoms with van der Waals surface area (Å²) in [5.41, 5.74) is 2.09. The number of carbonyl (C=O) groups is 1. The van der Waals surface area contributed by atoms with Gasteiger partial charge < -0.3 is 10.4 Å². The van der Waals surface area contributed by atoms with E-state index in [1.165, 1.54) is 11.3 Å². The summed E-state index contributed by atoms with van der Waals surface area (Å²) in [4.78, 5) is 18.8. The fourth-order valence-corrected chi connectivity index (χ4v) is 2.27. The molecule has 0 atom stereocenters. The molecular weight excluding hydrogens is 250 g/mol. The standard InChI is InChI=1S/C12H13N3O2S/c1-8-6-9(2-4-13-8)14-5-3-11-15-10(7-18-11)12(16)17/h2,4,6-7H,3,5H2,1H3,(H,13,14)(H,16,17). The zero-order valence-corrected chi connectivity index (χ0v) is 10.7. The molecule has 0 bridgehead atoms. The first-order chi connectivity index (χ1) is 8.65. The van der Waals surface area contributed by atoms with Gasteiger partial charge in [-0.2, -0.15) is 0 Å². The maximum absolute atomic E-state index is 10.7. The van der Waals surface area contributed by atoms with Crippen molar-refractivity contribution in [2.45, 2.75) is 13.3 Å². The molecule has 94 valence electrons. The Morgan fingerprint density at radius 1 is 1.56 bits per heavy atom. The van der Waals surface area contributed by atoms with Crippen LogP contribution < -0.4 is 5.32 Å². The average Bonchev–Trinajstić information content (AvgIpc) is 2.78. The van der Waals surface area contributed by atoms with Crippen molar-refractivity contribution in [2.24, 2.45) is 0 Å². The van der Waals surface area contributed by atoms with Crippen LogP contribution in [0.1, 0.15) is 21.2 Å². The lowest BCUT2D eigenvalue weighted by molar-refractivity contribution is 0.0691. The number of aromatic nitrogens is 2. The lowest BCUT2D eigenvalue weighted by atomic mass is 10.3. The Morgan fingerprint density at radius 2 is 2.39 bits per heavy atom. The molecule has 0 saturated heterocycles. The highest BCUT2D eigenvalue weighted by molar-refractivity contribution is 7.09. The quantitative estimate of drug-likeness (QED) is 0.865. The molecule has 0 aliphatic heterocycles. The first-order valence-electron chi connectivity index (χ1n) is 5.49. The van der Waals surface area contributed by atoms with Crippen LogP contribution in [0.5, 0.6) is 0 Å². The van der Waals surface area contributed by atoms with Crippen molar-refractivity contribution < 1.29 is 9.90 Å². The lowest BCUT2D eigenvalue weighted by Gasteiger charge is -2.04. The highest BCUT2D eigenvalue weighted by Crippen LogP contribution is 2.11. The van der Waals surface area contributed by atoms with Crippen LogP contribution in [-0.2, 0) is 6.42 Å². The van der Waals surface area contributed by atoms with Gasteiger partial charge in [-0.05, 0) is 19.1 Å². The first-order valence-corrected chi connectivity index (χ1v) is 6.37. The predicted octanol–water partition coefficient (Wildman–Crippen LogP) is 2.20. The molecule has 0 aliphatic carbocycles. The molecule has 18 heavy (non-hydrogen) atoms. The Balaban J connectivity index is 1.86. The highest BCUT2D eigenvalue weighted by atomic mass is 32.1. The van der Waals surface area contributed by atoms with Crippen molar-refractivity contribution in [3.63, 3.8) is 0 Å². The van der Waals surface area contributed by atoms with Crippen molar-refractivity contribution in [3.05, 3.63) is 40.1 Å². The molecule has 0 aromatic carbocycles. The first kappa shape index (κ1) is 12.5. The Bertz CT molecular complexity index is 554. The van der Waals surface area contributed by atoms with E-state index in [2.05, 4.69) is 15.3 Å². The van der Waals surface area contributed by atoms with Crippen molar-refractivity contribution in [1.29, 1.82) is 0 Å². The van der Waals surface area contributed by atoms with Gasteiger partial charge in [0.25, 0.3) is 0 Å². The fourth-order valence-electron chi connectivity index (χ4n) is 1.49. The number of aromatic carboxylic acids is 1. The van der Waals surface area contributed by atoms with Gasteiger partial charge in [0.2, 0.25) is 0 Å². The Hall–Kier alpha value is -1.95. The molecule has 2 heterocycles. The predicted molar refractivity (Wildman–Crippen MR) is 70.2 cm³/mol. The van der Waals surface area contributed by atoms with Crippen LogP contribution in [-0.4, -0.2) is 27.6 Å². The molecule has 0 radical (unpaired) electrons. The molecule has 0 aliphatic rings. The smallest absolute Gasteiger partial charge is 0.355 e. The van der Waals surface area contributed by atoms with E-state index in [9.17, 15) is 4.79 Å². The Kier molecular flexibility index (Phi) is 3.88. The number of nitrogens with one attached hydrogen (secondary N) is 1. The molecule has 0 amide bonds. The summed E-state index contributed by atoms with van der Waals surface area (Å²) >= 11 is 1.37. The van der Waals surface area contributed by atoms with E-state index < -0.39 is 5.97 Å². The Labute approximate surface area is 109 Å². The van der Waals surface area contributed by atoms with Gasteiger partial charge in [-0.1, -0.05) is 0 Å². The van der Waals surface area contributed by atoms with Crippen LogP contribution in [0.3, 0.4) is 0 Å². The summed E-state index contributed by atoms with van der Waals surface area (Å²) in [6.45, 7) is 2.65. The number of carboxylic acids is 1. The zero-order chi connectivity index (χ0) is 13.0. The maximum Gasteiger partial charge on any atom is 0.355 e. The number of hydrogen-bond acceptors (Lipinski definition) is 5. The van der Waals surface area contributed by atoms with Gasteiger partial charge in [0.1, 0.15) is 0 Å². The van der Waals surface area contributed by atoms with Crippen molar-refractivity contribution in [3.8, 4) is 0 Å². The minimum atomic E-state index is -0.977. The summed E-state index contributed by atoms with van der Waals surface area (Å²) in [5.74, 6) is -0.977. The van der Waals surface area contributed by atoms with Crippen LogP contribution in [0.4, 0.5) is 5.69 Å². The van der Waals surface area contributed by atoms with Crippen LogP contribution in [0.15, 0.2) is 23.7 Å². The van der Waals surface area contributed by atoms with Crippen LogP contribution in [0.25, 0.3) is 0 Å². The van der Waals surface area contributed by atoms with Crippen LogP contribution in [0.2, 0.25) is 0 Å². The molecule has 5 nitrogen and oxygen atoms in total. The summed E-state index contributed by atoms with van der Waals surface area (Å²) in [5, 5.41) is 14.4. The topological polar surface area (TPSA) is 75.1 Å². The van der Waals surface area contributed by atoms with Crippen LogP contribution in [0, 0.1) is 6.92 Å². The van der Waals surface area contributed by atoms with Gasteiger partial charge in [-0.25, -0.2) is 9.78 Å². The van der Waals surface area contributed by atoms with E-state index in [0.29, 0.717) is 6.42 Å². The third-order valence-electron chi connectivity index (χ3n) is 2.34. The maximum atomic E-state index is 10.7.